The minimum Gasteiger partial charge on any atom is -0.444 e. The maximum absolute atomic E-state index is 13.7. The van der Waals surface area contributed by atoms with Gasteiger partial charge in [-0.2, -0.15) is 9.80 Å². The molecule has 0 saturated heterocycles. The van der Waals surface area contributed by atoms with Gasteiger partial charge in [0.15, 0.2) is 51.8 Å². The minimum absolute atomic E-state index is 0.0314. The maximum atomic E-state index is 13.7. The van der Waals surface area contributed by atoms with Gasteiger partial charge >= 0.3 is 36.6 Å². The van der Waals surface area contributed by atoms with Crippen molar-refractivity contribution >= 4 is 69.9 Å². The number of nitrogens with one attached hydrogen (secondary N) is 4. The standard InChI is InChI=1S/C41H46N6O8.C35H41BrN6O8.C26H22N6O2/c1-39(2,3)52-36(49)46(10)24-25-16-18-27(19-17-25)30-21-32(55-45-30)33-34(47(37(50)53-40(4,5)6)38(51)54-41(7,8)9)42-23-31(44-33)28-20-29(35(48)43-22-28)26-14-12-11-13-15-26;1-33(2,3)47-30(44)41(10)19-20-11-13-21(14-12-20)24-16-26(50-40-24)27-28(37-18-25(39-27)22-15-23(36)29(43)38-17-22)42(31(45)48-34(4,5)6)32(46)49-35(7,8)9;1-28-13-16-7-9-18(10-8-16)21-12-23(34-32-21)24-25(27)29-15-22(31-24)19-11-20(26(33)30-14-19)17-5-3-2-4-6-17/h11-23H,24H2,1-10H3,(H,43,48);11-18H,19H2,1-10H3,(H,38,43);2-12,14-15,28H,13H2,1H3,(H2,27,29)(H,30,33). The Kier molecular flexibility index (Phi) is 31.2. The van der Waals surface area contributed by atoms with E-state index in [1.807, 2.05) is 161 Å². The molecule has 0 saturated carbocycles. The van der Waals surface area contributed by atoms with Crippen LogP contribution in [0, 0.1) is 0 Å². The van der Waals surface area contributed by atoms with Crippen LogP contribution in [0.2, 0.25) is 0 Å². The van der Waals surface area contributed by atoms with Crippen molar-refractivity contribution in [3.05, 3.63) is 259 Å². The second-order valence-corrected chi connectivity index (χ2v) is 38.9. The summed E-state index contributed by atoms with van der Waals surface area (Å²) < 4.78 is 50.7. The largest absolute Gasteiger partial charge is 0.444 e. The Bertz CT molecular complexity index is 6900. The summed E-state index contributed by atoms with van der Waals surface area (Å²) in [6.45, 7) is 32.2. The summed E-state index contributed by atoms with van der Waals surface area (Å²) in [6.07, 6.45) is 3.75. The third-order valence-electron chi connectivity index (χ3n) is 19.4. The average Bonchev–Trinajstić information content (AvgIpc) is 1.34. The fourth-order valence-corrected chi connectivity index (χ4v) is 13.5. The summed E-state index contributed by atoms with van der Waals surface area (Å²) in [5.74, 6) is 0.307. The quantitative estimate of drug-likeness (QED) is 0.0469. The van der Waals surface area contributed by atoms with E-state index in [-0.39, 0.29) is 72.9 Å². The van der Waals surface area contributed by atoms with Gasteiger partial charge in [-0.1, -0.05) is 149 Å². The number of hydrogen-bond donors (Lipinski definition) is 5. The number of H-pyrrole nitrogens is 3. The molecule has 36 nitrogen and oxygen atoms in total. The molecule has 0 atom stereocenters. The predicted molar refractivity (Wildman–Crippen MR) is 528 cm³/mol. The van der Waals surface area contributed by atoms with E-state index in [9.17, 15) is 43.2 Å². The second kappa shape index (κ2) is 42.6. The van der Waals surface area contributed by atoms with Crippen LogP contribution < -0.4 is 37.5 Å². The zero-order valence-corrected chi connectivity index (χ0v) is 82.5. The van der Waals surface area contributed by atoms with Crippen LogP contribution in [0.1, 0.15) is 141 Å². The van der Waals surface area contributed by atoms with E-state index >= 15 is 0 Å². The Balaban J connectivity index is 0.000000192. The molecule has 37 heteroatoms. The number of nitrogens with two attached hydrogens (primary N) is 1. The number of halogens is 1. The number of nitrogen functional groups attached to an aromatic ring is 1. The molecule has 0 bridgehead atoms. The molecule has 14 rings (SSSR count). The number of carbonyl (C=O) groups is 6. The molecular weight excluding hydrogens is 1850 g/mol. The number of pyridine rings is 3. The molecule has 722 valence electrons. The van der Waals surface area contributed by atoms with Crippen molar-refractivity contribution in [2.24, 2.45) is 0 Å². The van der Waals surface area contributed by atoms with Crippen molar-refractivity contribution in [1.29, 1.82) is 0 Å². The van der Waals surface area contributed by atoms with Gasteiger partial charge in [0.2, 0.25) is 0 Å². The fourth-order valence-electron chi connectivity index (χ4n) is 13.2. The van der Waals surface area contributed by atoms with Gasteiger partial charge in [-0.05, 0) is 194 Å². The minimum atomic E-state index is -1.05. The number of imide groups is 2. The van der Waals surface area contributed by atoms with Gasteiger partial charge in [-0.15, -0.1) is 0 Å². The van der Waals surface area contributed by atoms with Crippen molar-refractivity contribution in [3.8, 4) is 124 Å². The van der Waals surface area contributed by atoms with Gasteiger partial charge in [0.25, 0.3) is 16.7 Å². The molecule has 0 aliphatic heterocycles. The zero-order valence-electron chi connectivity index (χ0n) is 80.9. The highest BCUT2D eigenvalue weighted by Gasteiger charge is 2.40. The third-order valence-corrected chi connectivity index (χ3v) is 20.0. The molecule has 0 fully saturated rings. The van der Waals surface area contributed by atoms with Crippen LogP contribution in [0.4, 0.5) is 46.2 Å². The second-order valence-electron chi connectivity index (χ2n) is 38.0. The highest BCUT2D eigenvalue weighted by molar-refractivity contribution is 9.10. The van der Waals surface area contributed by atoms with Gasteiger partial charge < -0.3 is 77.8 Å². The topological polar surface area (TPSA) is 463 Å². The van der Waals surface area contributed by atoms with Crippen LogP contribution >= 0.6 is 15.9 Å². The average molecular weight is 1960 g/mol. The van der Waals surface area contributed by atoms with Crippen LogP contribution in [0.25, 0.3) is 124 Å². The number of rotatable bonds is 19. The number of ether oxygens (including phenoxy) is 6. The zero-order chi connectivity index (χ0) is 101. The predicted octanol–water partition coefficient (Wildman–Crippen LogP) is 20.9. The maximum Gasteiger partial charge on any atom is 0.425 e. The molecule has 0 aliphatic carbocycles. The normalized spacial score (nSPS) is 11.6. The number of carbonyl (C=O) groups excluding carboxylic acids is 6. The number of benzene rings is 5. The number of anilines is 3. The molecule has 0 radical (unpaired) electrons. The Morgan fingerprint density at radius 1 is 0.360 bits per heavy atom. The first-order valence-electron chi connectivity index (χ1n) is 44.0. The number of amides is 6. The van der Waals surface area contributed by atoms with E-state index in [1.54, 1.807) is 167 Å². The van der Waals surface area contributed by atoms with Gasteiger partial charge in [-0.25, -0.2) is 58.7 Å². The van der Waals surface area contributed by atoms with Crippen LogP contribution in [-0.2, 0) is 48.1 Å². The van der Waals surface area contributed by atoms with E-state index in [4.69, 9.17) is 57.7 Å². The van der Waals surface area contributed by atoms with Crippen molar-refractivity contribution in [2.75, 3.05) is 36.7 Å². The molecule has 139 heavy (non-hydrogen) atoms. The molecule has 9 heterocycles. The summed E-state index contributed by atoms with van der Waals surface area (Å²) in [5, 5.41) is 15.8. The van der Waals surface area contributed by atoms with Crippen molar-refractivity contribution in [3.63, 3.8) is 0 Å². The molecule has 0 aliphatic rings. The molecule has 9 aromatic heterocycles. The third kappa shape index (κ3) is 27.7. The SMILES string of the molecule is CN(Cc1ccc(-c2cc(-c3nc(-c4c[nH]c(=O)c(-c5ccccc5)c4)cnc3N(C(=O)OC(C)(C)C)C(=O)OC(C)(C)C)on2)cc1)C(=O)OC(C)(C)C.CN(Cc1ccc(-c2cc(-c3nc(-c4c[nH]c(=O)c(Br)c4)cnc3N(C(=O)OC(C)(C)C)C(=O)OC(C)(C)C)on2)cc1)C(=O)OC(C)(C)C.CNCc1ccc(-c2cc(-c3nc(-c4c[nH]c(=O)c(-c5ccccc5)c4)cnc3N)on2)cc1. The van der Waals surface area contributed by atoms with Crippen molar-refractivity contribution < 1.29 is 70.8 Å². The van der Waals surface area contributed by atoms with Crippen LogP contribution in [0.15, 0.2) is 239 Å². The molecule has 6 amide bonds. The lowest BCUT2D eigenvalue weighted by atomic mass is 10.0. The van der Waals surface area contributed by atoms with E-state index in [0.717, 1.165) is 28.8 Å². The first kappa shape index (κ1) is 102. The van der Waals surface area contributed by atoms with Crippen molar-refractivity contribution in [2.45, 2.75) is 178 Å². The van der Waals surface area contributed by atoms with Gasteiger partial charge in [0, 0.05) is 115 Å². The van der Waals surface area contributed by atoms with Crippen LogP contribution in [0.5, 0.6) is 0 Å². The van der Waals surface area contributed by atoms with Crippen LogP contribution in [0.3, 0.4) is 0 Å². The Morgan fingerprint density at radius 2 is 0.655 bits per heavy atom. The molecule has 14 aromatic rings. The van der Waals surface area contributed by atoms with Gasteiger partial charge in [0.05, 0.1) is 40.1 Å². The molecule has 0 unspecified atom stereocenters. The smallest absolute Gasteiger partial charge is 0.425 e. The summed E-state index contributed by atoms with van der Waals surface area (Å²) in [4.78, 5) is 157. The summed E-state index contributed by atoms with van der Waals surface area (Å²) in [6, 6.07) is 51.3. The van der Waals surface area contributed by atoms with E-state index < -0.39 is 70.2 Å². The monoisotopic (exact) mass is 1950 g/mol. The lowest BCUT2D eigenvalue weighted by Crippen LogP contribution is -2.44. The van der Waals surface area contributed by atoms with Crippen molar-refractivity contribution in [1.82, 2.24) is 75.4 Å². The lowest BCUT2D eigenvalue weighted by Gasteiger charge is -2.28. The number of aromatic nitrogens is 12. The first-order chi connectivity index (χ1) is 65.4. The summed E-state index contributed by atoms with van der Waals surface area (Å²) in [7, 11) is 5.22. The van der Waals surface area contributed by atoms with E-state index in [2.05, 4.69) is 71.6 Å². The number of hydrogen-bond acceptors (Lipinski definition) is 29. The van der Waals surface area contributed by atoms with Gasteiger partial charge in [0.1, 0.15) is 50.7 Å². The Hall–Kier alpha value is -15.9. The van der Waals surface area contributed by atoms with E-state index in [1.165, 1.54) is 40.2 Å². The Labute approximate surface area is 809 Å². The van der Waals surface area contributed by atoms with Crippen LogP contribution in [-0.4, -0.2) is 161 Å². The van der Waals surface area contributed by atoms with E-state index in [0.29, 0.717) is 102 Å². The summed E-state index contributed by atoms with van der Waals surface area (Å²) >= 11 is 3.23. The number of aromatic amines is 3. The molecule has 6 N–H and O–H groups in total. The summed E-state index contributed by atoms with van der Waals surface area (Å²) in [5.41, 5.74) is 12.4. The molecule has 0 spiro atoms. The molecule has 5 aromatic carbocycles. The highest BCUT2D eigenvalue weighted by atomic mass is 79.9. The Morgan fingerprint density at radius 3 is 0.978 bits per heavy atom. The number of nitrogens with zero attached hydrogens (tertiary/aromatic N) is 13. The highest BCUT2D eigenvalue weighted by Crippen LogP contribution is 2.40. The first-order valence-corrected chi connectivity index (χ1v) is 44.8. The lowest BCUT2D eigenvalue weighted by molar-refractivity contribution is 0.0275. The molecular formula is C102H109BrN18O18. The fraction of sp³-hybridized carbons (Fsp3) is 0.294. The van der Waals surface area contributed by atoms with Gasteiger partial charge in [-0.3, -0.25) is 14.4 Å².